The summed E-state index contributed by atoms with van der Waals surface area (Å²) >= 11 is 0. The minimum atomic E-state index is -2.37. The Morgan fingerprint density at radius 1 is 1.27 bits per heavy atom. The van der Waals surface area contributed by atoms with E-state index in [0.29, 0.717) is 5.31 Å². The number of hydrogen-bond acceptors (Lipinski definition) is 2. The van der Waals surface area contributed by atoms with Crippen LogP contribution in [-0.2, 0) is 9.36 Å². The highest BCUT2D eigenvalue weighted by Gasteiger charge is 2.15. The minimum absolute atomic E-state index is 0.193. The van der Waals surface area contributed by atoms with Crippen LogP contribution in [0.25, 0.3) is 0 Å². The van der Waals surface area contributed by atoms with Gasteiger partial charge in [0.1, 0.15) is 7.14 Å². The predicted molar refractivity (Wildman–Crippen MR) is 45.5 cm³/mol. The summed E-state index contributed by atoms with van der Waals surface area (Å²) in [5, 5.41) is 9.03. The smallest absolute Gasteiger partial charge is 0.331 e. The Kier molecular flexibility index (Phi) is 3.06. The lowest BCUT2D eigenvalue weighted by Gasteiger charge is -2.08. The maximum absolute atomic E-state index is 11.3. The van der Waals surface area contributed by atoms with Crippen molar-refractivity contribution in [3.63, 3.8) is 0 Å². The van der Waals surface area contributed by atoms with Gasteiger partial charge < -0.3 is 9.67 Å². The van der Waals surface area contributed by atoms with Crippen molar-refractivity contribution in [2.45, 2.75) is 13.8 Å². The molecule has 1 N–H and O–H groups in total. The molecule has 0 rings (SSSR count). The first-order valence-electron chi connectivity index (χ1n) is 3.23. The quantitative estimate of drug-likeness (QED) is 0.517. The molecule has 0 aliphatic carbocycles. The van der Waals surface area contributed by atoms with Crippen LogP contribution >= 0.6 is 7.14 Å². The van der Waals surface area contributed by atoms with Gasteiger partial charge in [-0.15, -0.1) is 0 Å². The van der Waals surface area contributed by atoms with Crippen LogP contribution in [0.1, 0.15) is 13.8 Å². The molecule has 0 aliphatic heterocycles. The van der Waals surface area contributed by atoms with Gasteiger partial charge in [0, 0.05) is 5.57 Å². The molecule has 0 unspecified atom stereocenters. The molecular formula is C7H13O3P. The molecule has 0 aromatic rings. The lowest BCUT2D eigenvalue weighted by atomic mass is 10.3. The van der Waals surface area contributed by atoms with Crippen LogP contribution in [0.3, 0.4) is 0 Å². The Hall–Kier alpha value is -0.560. The van der Waals surface area contributed by atoms with E-state index in [-0.39, 0.29) is 5.57 Å². The van der Waals surface area contributed by atoms with Crippen molar-refractivity contribution in [1.29, 1.82) is 0 Å². The topological polar surface area (TPSA) is 54.4 Å². The molecule has 0 spiro atoms. The Morgan fingerprint density at radius 3 is 1.73 bits per heavy atom. The van der Waals surface area contributed by atoms with Crippen molar-refractivity contribution in [3.8, 4) is 0 Å². The Morgan fingerprint density at radius 2 is 1.64 bits per heavy atom. The zero-order valence-corrected chi connectivity index (χ0v) is 8.11. The van der Waals surface area contributed by atoms with E-state index in [2.05, 4.69) is 0 Å². The van der Waals surface area contributed by atoms with E-state index in [4.69, 9.17) is 5.11 Å². The molecule has 0 radical (unpaired) electrons. The van der Waals surface area contributed by atoms with Crippen molar-refractivity contribution in [2.75, 3.05) is 13.3 Å². The number of carbonyl (C=O) groups is 1. The maximum atomic E-state index is 11.3. The molecule has 0 amide bonds. The van der Waals surface area contributed by atoms with Gasteiger partial charge in [-0.2, -0.15) is 0 Å². The van der Waals surface area contributed by atoms with E-state index in [1.54, 1.807) is 20.3 Å². The van der Waals surface area contributed by atoms with Crippen molar-refractivity contribution >= 4 is 13.1 Å². The van der Waals surface area contributed by atoms with Crippen LogP contribution in [0.15, 0.2) is 10.9 Å². The van der Waals surface area contributed by atoms with Crippen LogP contribution in [0.2, 0.25) is 0 Å². The Labute approximate surface area is 66.5 Å². The van der Waals surface area contributed by atoms with Crippen molar-refractivity contribution in [3.05, 3.63) is 10.9 Å². The maximum Gasteiger partial charge on any atom is 0.331 e. The summed E-state index contributed by atoms with van der Waals surface area (Å²) in [7, 11) is -2.37. The first-order chi connectivity index (χ1) is 4.76. The highest BCUT2D eigenvalue weighted by molar-refractivity contribution is 7.66. The largest absolute Gasteiger partial charge is 0.478 e. The van der Waals surface area contributed by atoms with Gasteiger partial charge in [0.05, 0.1) is 0 Å². The SMILES string of the molecule is C/C(C(=O)O)=C(/C)P(C)(C)=O. The van der Waals surface area contributed by atoms with Crippen LogP contribution < -0.4 is 0 Å². The summed E-state index contributed by atoms with van der Waals surface area (Å²) in [5.41, 5.74) is 0.193. The molecule has 3 nitrogen and oxygen atoms in total. The molecule has 0 saturated carbocycles. The fraction of sp³-hybridized carbons (Fsp3) is 0.571. The predicted octanol–water partition coefficient (Wildman–Crippen LogP) is 1.99. The lowest BCUT2D eigenvalue weighted by Crippen LogP contribution is -1.99. The first kappa shape index (κ1) is 10.4. The summed E-state index contributed by atoms with van der Waals surface area (Å²) in [6.07, 6.45) is 0. The average Bonchev–Trinajstić information content (AvgIpc) is 1.82. The molecule has 0 saturated heterocycles. The number of carboxylic acid groups (broad SMARTS) is 1. The molecule has 0 aliphatic rings. The van der Waals surface area contributed by atoms with Crippen molar-refractivity contribution < 1.29 is 14.5 Å². The summed E-state index contributed by atoms with van der Waals surface area (Å²) in [5.74, 6) is -0.994. The fourth-order valence-corrected chi connectivity index (χ4v) is 1.46. The standard InChI is InChI=1S/C7H13O3P/c1-5(7(8)9)6(2)11(3,4)10/h1-4H3,(H,8,9)/b6-5+. The summed E-state index contributed by atoms with van der Waals surface area (Å²) < 4.78 is 11.3. The third kappa shape index (κ3) is 2.89. The molecular weight excluding hydrogens is 163 g/mol. The van der Waals surface area contributed by atoms with E-state index >= 15 is 0 Å². The van der Waals surface area contributed by atoms with Gasteiger partial charge in [-0.05, 0) is 32.5 Å². The van der Waals surface area contributed by atoms with Crippen molar-refractivity contribution in [2.24, 2.45) is 0 Å². The third-order valence-corrected chi connectivity index (χ3v) is 3.62. The fourth-order valence-electron chi connectivity index (χ4n) is 0.559. The van der Waals surface area contributed by atoms with Crippen LogP contribution in [-0.4, -0.2) is 24.4 Å². The lowest BCUT2D eigenvalue weighted by molar-refractivity contribution is -0.132. The highest BCUT2D eigenvalue weighted by atomic mass is 31.2. The number of hydrogen-bond donors (Lipinski definition) is 1. The third-order valence-electron chi connectivity index (χ3n) is 1.67. The Bertz CT molecular complexity index is 246. The zero-order chi connectivity index (χ0) is 9.23. The molecule has 0 atom stereocenters. The molecule has 4 heteroatoms. The van der Waals surface area contributed by atoms with Crippen LogP contribution in [0.5, 0.6) is 0 Å². The molecule has 0 fully saturated rings. The number of rotatable bonds is 2. The number of aliphatic carboxylic acids is 1. The molecule has 0 aromatic heterocycles. The molecule has 11 heavy (non-hydrogen) atoms. The Balaban J connectivity index is 4.99. The van der Waals surface area contributed by atoms with Crippen molar-refractivity contribution in [1.82, 2.24) is 0 Å². The average molecular weight is 176 g/mol. The van der Waals surface area contributed by atoms with Gasteiger partial charge in [-0.3, -0.25) is 0 Å². The molecule has 0 aromatic carbocycles. The van der Waals surface area contributed by atoms with E-state index in [1.807, 2.05) is 0 Å². The van der Waals surface area contributed by atoms with Gasteiger partial charge in [-0.1, -0.05) is 0 Å². The highest BCUT2D eigenvalue weighted by Crippen LogP contribution is 2.47. The number of allylic oxidation sites excluding steroid dienone is 1. The second-order valence-corrected chi connectivity index (χ2v) is 6.24. The number of carboxylic acids is 1. The van der Waals surface area contributed by atoms with Crippen LogP contribution in [0, 0.1) is 0 Å². The first-order valence-corrected chi connectivity index (χ1v) is 5.83. The molecule has 0 bridgehead atoms. The normalized spacial score (nSPS) is 14.2. The minimum Gasteiger partial charge on any atom is -0.478 e. The summed E-state index contributed by atoms with van der Waals surface area (Å²) in [6, 6.07) is 0. The van der Waals surface area contributed by atoms with Crippen LogP contribution in [0.4, 0.5) is 0 Å². The van der Waals surface area contributed by atoms with Gasteiger partial charge in [0.2, 0.25) is 0 Å². The van der Waals surface area contributed by atoms with E-state index in [0.717, 1.165) is 0 Å². The van der Waals surface area contributed by atoms with Gasteiger partial charge in [0.25, 0.3) is 0 Å². The second kappa shape index (κ2) is 3.22. The van der Waals surface area contributed by atoms with E-state index in [1.165, 1.54) is 6.92 Å². The zero-order valence-electron chi connectivity index (χ0n) is 7.21. The van der Waals surface area contributed by atoms with Gasteiger partial charge in [0.15, 0.2) is 0 Å². The van der Waals surface area contributed by atoms with Gasteiger partial charge >= 0.3 is 5.97 Å². The molecule has 64 valence electrons. The summed E-state index contributed by atoms with van der Waals surface area (Å²) in [4.78, 5) is 10.4. The monoisotopic (exact) mass is 176 g/mol. The summed E-state index contributed by atoms with van der Waals surface area (Å²) in [6.45, 7) is 6.20. The van der Waals surface area contributed by atoms with E-state index < -0.39 is 13.1 Å². The molecule has 0 heterocycles. The van der Waals surface area contributed by atoms with E-state index in [9.17, 15) is 9.36 Å². The van der Waals surface area contributed by atoms with Gasteiger partial charge in [-0.25, -0.2) is 4.79 Å². The second-order valence-electron chi connectivity index (χ2n) is 2.87.